The first kappa shape index (κ1) is 20.2. The van der Waals surface area contributed by atoms with Gasteiger partial charge in [-0.2, -0.15) is 0 Å². The van der Waals surface area contributed by atoms with Gasteiger partial charge in [0.25, 0.3) is 0 Å². The molecule has 6 nitrogen and oxygen atoms in total. The van der Waals surface area contributed by atoms with E-state index < -0.39 is 0 Å². The SMILES string of the molecule is COc1cccc(CN2Cc3ccccc3C[C@H]2C(N)=O)c1OCCN(C)C. The van der Waals surface area contributed by atoms with E-state index in [-0.39, 0.29) is 11.9 Å². The molecule has 0 aromatic heterocycles. The summed E-state index contributed by atoms with van der Waals surface area (Å²) in [6.45, 7) is 2.61. The highest BCUT2D eigenvalue weighted by Gasteiger charge is 2.30. The van der Waals surface area contributed by atoms with Crippen LogP contribution in [0.5, 0.6) is 11.5 Å². The molecule has 1 amide bonds. The molecule has 2 N–H and O–H groups in total. The predicted octanol–water partition coefficient (Wildman–Crippen LogP) is 2.05. The number of nitrogens with zero attached hydrogens (tertiary/aromatic N) is 2. The Morgan fingerprint density at radius 1 is 1.18 bits per heavy atom. The summed E-state index contributed by atoms with van der Waals surface area (Å²) in [6.07, 6.45) is 0.631. The van der Waals surface area contributed by atoms with Crippen LogP contribution in [0.3, 0.4) is 0 Å². The highest BCUT2D eigenvalue weighted by Crippen LogP contribution is 2.34. The summed E-state index contributed by atoms with van der Waals surface area (Å²) in [7, 11) is 5.66. The molecule has 0 radical (unpaired) electrons. The van der Waals surface area contributed by atoms with Crippen LogP contribution in [-0.4, -0.2) is 56.1 Å². The number of likely N-dealkylation sites (N-methyl/N-ethyl adjacent to an activating group) is 1. The van der Waals surface area contributed by atoms with E-state index in [9.17, 15) is 4.79 Å². The number of carbonyl (C=O) groups is 1. The van der Waals surface area contributed by atoms with Crippen LogP contribution in [0.25, 0.3) is 0 Å². The number of para-hydroxylation sites is 1. The summed E-state index contributed by atoms with van der Waals surface area (Å²) in [5, 5.41) is 0. The van der Waals surface area contributed by atoms with Gasteiger partial charge in [0.1, 0.15) is 6.61 Å². The minimum absolute atomic E-state index is 0.299. The first-order valence-electron chi connectivity index (χ1n) is 9.53. The highest BCUT2D eigenvalue weighted by atomic mass is 16.5. The van der Waals surface area contributed by atoms with E-state index in [4.69, 9.17) is 15.2 Å². The predicted molar refractivity (Wildman–Crippen MR) is 109 cm³/mol. The van der Waals surface area contributed by atoms with Crippen LogP contribution in [0.1, 0.15) is 16.7 Å². The average molecular weight is 383 g/mol. The monoisotopic (exact) mass is 383 g/mol. The van der Waals surface area contributed by atoms with Crippen molar-refractivity contribution in [3.8, 4) is 11.5 Å². The molecule has 150 valence electrons. The van der Waals surface area contributed by atoms with Crippen LogP contribution in [0, 0.1) is 0 Å². The molecule has 1 aliphatic heterocycles. The Balaban J connectivity index is 1.86. The van der Waals surface area contributed by atoms with Crippen molar-refractivity contribution in [1.29, 1.82) is 0 Å². The smallest absolute Gasteiger partial charge is 0.235 e. The number of fused-ring (bicyclic) bond motifs is 1. The molecule has 1 atom stereocenters. The topological polar surface area (TPSA) is 68.0 Å². The third kappa shape index (κ3) is 4.64. The molecule has 0 bridgehead atoms. The van der Waals surface area contributed by atoms with Crippen LogP contribution in [0.4, 0.5) is 0 Å². The first-order chi connectivity index (χ1) is 13.5. The summed E-state index contributed by atoms with van der Waals surface area (Å²) in [6, 6.07) is 13.7. The molecule has 0 aliphatic carbocycles. The number of amides is 1. The molecule has 2 aromatic carbocycles. The molecule has 28 heavy (non-hydrogen) atoms. The second-order valence-corrected chi connectivity index (χ2v) is 7.40. The number of primary amides is 1. The fourth-order valence-electron chi connectivity index (χ4n) is 3.58. The number of benzene rings is 2. The van der Waals surface area contributed by atoms with Crippen LogP contribution in [-0.2, 0) is 24.3 Å². The van der Waals surface area contributed by atoms with Crippen LogP contribution < -0.4 is 15.2 Å². The Morgan fingerprint density at radius 2 is 1.93 bits per heavy atom. The molecule has 1 aliphatic rings. The maximum atomic E-state index is 12.1. The zero-order valence-corrected chi connectivity index (χ0v) is 16.9. The highest BCUT2D eigenvalue weighted by molar-refractivity contribution is 5.80. The lowest BCUT2D eigenvalue weighted by molar-refractivity contribution is -0.124. The number of rotatable bonds is 8. The molecule has 2 aromatic rings. The Morgan fingerprint density at radius 3 is 2.61 bits per heavy atom. The zero-order valence-electron chi connectivity index (χ0n) is 16.9. The van der Waals surface area contributed by atoms with Crippen LogP contribution in [0.15, 0.2) is 42.5 Å². The van der Waals surface area contributed by atoms with E-state index in [2.05, 4.69) is 21.9 Å². The van der Waals surface area contributed by atoms with Crippen molar-refractivity contribution in [3.05, 3.63) is 59.2 Å². The van der Waals surface area contributed by atoms with Gasteiger partial charge in [-0.1, -0.05) is 36.4 Å². The van der Waals surface area contributed by atoms with Crippen molar-refractivity contribution in [2.75, 3.05) is 34.4 Å². The quantitative estimate of drug-likeness (QED) is 0.756. The molecule has 0 spiro atoms. The van der Waals surface area contributed by atoms with Crippen molar-refractivity contribution < 1.29 is 14.3 Å². The molecule has 0 saturated carbocycles. The van der Waals surface area contributed by atoms with Gasteiger partial charge in [0, 0.05) is 25.2 Å². The first-order valence-corrected chi connectivity index (χ1v) is 9.53. The third-order valence-corrected chi connectivity index (χ3v) is 5.11. The van der Waals surface area contributed by atoms with E-state index in [1.54, 1.807) is 7.11 Å². The van der Waals surface area contributed by atoms with Gasteiger partial charge in [-0.3, -0.25) is 9.69 Å². The molecule has 0 saturated heterocycles. The molecule has 0 unspecified atom stereocenters. The Kier molecular flexibility index (Phi) is 6.54. The van der Waals surface area contributed by atoms with Gasteiger partial charge in [0.15, 0.2) is 11.5 Å². The molecule has 1 heterocycles. The van der Waals surface area contributed by atoms with Crippen LogP contribution >= 0.6 is 0 Å². The fourth-order valence-corrected chi connectivity index (χ4v) is 3.58. The van der Waals surface area contributed by atoms with Gasteiger partial charge in [-0.15, -0.1) is 0 Å². The minimum atomic E-state index is -0.337. The Bertz CT molecular complexity index is 822. The van der Waals surface area contributed by atoms with E-state index in [1.807, 2.05) is 44.4 Å². The van der Waals surface area contributed by atoms with Gasteiger partial charge in [0.05, 0.1) is 13.2 Å². The molecular weight excluding hydrogens is 354 g/mol. The van der Waals surface area contributed by atoms with Crippen molar-refractivity contribution in [2.45, 2.75) is 25.6 Å². The number of ether oxygens (including phenoxy) is 2. The molecule has 3 rings (SSSR count). The van der Waals surface area contributed by atoms with Crippen molar-refractivity contribution in [1.82, 2.24) is 9.80 Å². The number of hydrogen-bond acceptors (Lipinski definition) is 5. The van der Waals surface area contributed by atoms with Crippen molar-refractivity contribution >= 4 is 5.91 Å². The van der Waals surface area contributed by atoms with Gasteiger partial charge in [-0.25, -0.2) is 0 Å². The second kappa shape index (κ2) is 9.08. The Hall–Kier alpha value is -2.57. The van der Waals surface area contributed by atoms with E-state index in [0.717, 1.165) is 17.9 Å². The number of hydrogen-bond donors (Lipinski definition) is 1. The Labute approximate surface area is 166 Å². The van der Waals surface area contributed by atoms with Crippen LogP contribution in [0.2, 0.25) is 0 Å². The largest absolute Gasteiger partial charge is 0.493 e. The summed E-state index contributed by atoms with van der Waals surface area (Å²) in [5.41, 5.74) is 9.15. The number of nitrogens with two attached hydrogens (primary N) is 1. The normalized spacial score (nSPS) is 16.6. The lowest BCUT2D eigenvalue weighted by Gasteiger charge is -2.35. The lowest BCUT2D eigenvalue weighted by Crippen LogP contribution is -2.48. The number of methoxy groups -OCH3 is 1. The second-order valence-electron chi connectivity index (χ2n) is 7.40. The molecular formula is C22H29N3O3. The van der Waals surface area contributed by atoms with E-state index >= 15 is 0 Å². The maximum absolute atomic E-state index is 12.1. The molecule has 0 fully saturated rings. The standard InChI is InChI=1S/C22H29N3O3/c1-24(2)11-12-28-21-18(9-6-10-20(21)27-3)15-25-14-17-8-5-4-7-16(17)13-19(25)22(23)26/h4-10,19H,11-15H2,1-3H3,(H2,23,26)/t19-/m0/s1. The lowest BCUT2D eigenvalue weighted by atomic mass is 9.93. The summed E-state index contributed by atoms with van der Waals surface area (Å²) in [5.74, 6) is 1.13. The van der Waals surface area contributed by atoms with Gasteiger partial charge >= 0.3 is 0 Å². The zero-order chi connectivity index (χ0) is 20.1. The van der Waals surface area contributed by atoms with E-state index in [1.165, 1.54) is 11.1 Å². The van der Waals surface area contributed by atoms with Gasteiger partial charge in [0.2, 0.25) is 5.91 Å². The van der Waals surface area contributed by atoms with Crippen molar-refractivity contribution in [3.63, 3.8) is 0 Å². The van der Waals surface area contributed by atoms with Crippen molar-refractivity contribution in [2.24, 2.45) is 5.73 Å². The average Bonchev–Trinajstić information content (AvgIpc) is 2.68. The summed E-state index contributed by atoms with van der Waals surface area (Å²) < 4.78 is 11.6. The maximum Gasteiger partial charge on any atom is 0.235 e. The molecule has 6 heteroatoms. The fraction of sp³-hybridized carbons (Fsp3) is 0.409. The number of carbonyl (C=O) groups excluding carboxylic acids is 1. The van der Waals surface area contributed by atoms with E-state index in [0.29, 0.717) is 31.9 Å². The third-order valence-electron chi connectivity index (χ3n) is 5.11. The van der Waals surface area contributed by atoms with Gasteiger partial charge in [-0.05, 0) is 37.7 Å². The summed E-state index contributed by atoms with van der Waals surface area (Å²) >= 11 is 0. The minimum Gasteiger partial charge on any atom is -0.493 e. The summed E-state index contributed by atoms with van der Waals surface area (Å²) in [4.78, 5) is 16.3. The van der Waals surface area contributed by atoms with Gasteiger partial charge < -0.3 is 20.1 Å².